The normalized spacial score (nSPS) is 16.8. The number of amides is 1. The van der Waals surface area contributed by atoms with Crippen LogP contribution in [-0.4, -0.2) is 56.1 Å². The number of carbonyl (C=O) groups is 1. The summed E-state index contributed by atoms with van der Waals surface area (Å²) in [4.78, 5) is 42.4. The fraction of sp³-hybridized carbons (Fsp3) is 0.321. The lowest BCUT2D eigenvalue weighted by Crippen LogP contribution is -2.48. The van der Waals surface area contributed by atoms with E-state index in [4.69, 9.17) is 10.5 Å². The van der Waals surface area contributed by atoms with Gasteiger partial charge in [-0.2, -0.15) is 4.39 Å². The van der Waals surface area contributed by atoms with E-state index in [2.05, 4.69) is 24.8 Å². The van der Waals surface area contributed by atoms with Gasteiger partial charge >= 0.3 is 0 Å². The first-order chi connectivity index (χ1) is 19.4. The summed E-state index contributed by atoms with van der Waals surface area (Å²) in [5.74, 6) is -2.30. The molecule has 0 unspecified atom stereocenters. The van der Waals surface area contributed by atoms with Crippen LogP contribution in [0.1, 0.15) is 34.5 Å². The van der Waals surface area contributed by atoms with Gasteiger partial charge in [0.05, 0.1) is 23.6 Å². The van der Waals surface area contributed by atoms with Gasteiger partial charge in [0.25, 0.3) is 5.91 Å². The van der Waals surface area contributed by atoms with Gasteiger partial charge in [-0.1, -0.05) is 0 Å². The first-order valence-electron chi connectivity index (χ1n) is 13.1. The van der Waals surface area contributed by atoms with E-state index < -0.39 is 17.5 Å². The van der Waals surface area contributed by atoms with Gasteiger partial charge in [-0.05, 0) is 36.6 Å². The van der Waals surface area contributed by atoms with Gasteiger partial charge in [0, 0.05) is 62.6 Å². The molecular formula is C28H27F2N7O3. The molecule has 0 radical (unpaired) electrons. The Balaban J connectivity index is 1.39. The smallest absolute Gasteiger partial charge is 0.267 e. The van der Waals surface area contributed by atoms with E-state index >= 15 is 0 Å². The number of aromatic nitrogens is 4. The number of hydrogen-bond acceptors (Lipinski definition) is 8. The number of nitrogens with two attached hydrogens (primary N) is 1. The van der Waals surface area contributed by atoms with E-state index in [0.717, 1.165) is 36.8 Å². The number of piperidine rings is 1. The lowest BCUT2D eigenvalue weighted by molar-refractivity contribution is 0.0995. The molecule has 0 aliphatic carbocycles. The number of benzene rings is 1. The number of halogens is 2. The van der Waals surface area contributed by atoms with Crippen molar-refractivity contribution in [2.45, 2.75) is 38.5 Å². The van der Waals surface area contributed by atoms with E-state index in [1.165, 1.54) is 6.20 Å². The number of primary amides is 1. The lowest BCUT2D eigenvalue weighted by Gasteiger charge is -2.40. The molecule has 0 bridgehead atoms. The van der Waals surface area contributed by atoms with Crippen molar-refractivity contribution < 1.29 is 18.3 Å². The molecule has 10 nitrogen and oxygen atoms in total. The molecule has 1 atom stereocenters. The third-order valence-corrected chi connectivity index (χ3v) is 7.49. The topological polar surface area (TPSA) is 119 Å². The fourth-order valence-electron chi connectivity index (χ4n) is 5.59. The second-order valence-electron chi connectivity index (χ2n) is 10.0. The standard InChI is InChI=1S/C28H27F2N7O3/c29-21-11-20-25-27(24(21)30)40-9-8-36(25)14-18(26(20)38)15-37(13-17-3-4-33-22(10-17)28(31)39)19-2-1-7-35(16-19)23-12-32-5-6-34-23/h3-6,10-12,14,19H,1-2,7-9,13,15-16H2,(H2,31,39)/t19-/m0/s1. The number of anilines is 1. The van der Waals surface area contributed by atoms with E-state index in [0.29, 0.717) is 25.2 Å². The molecule has 6 rings (SSSR count). The van der Waals surface area contributed by atoms with E-state index in [1.807, 2.05) is 6.07 Å². The van der Waals surface area contributed by atoms with Crippen molar-refractivity contribution in [2.75, 3.05) is 24.6 Å². The minimum Gasteiger partial charge on any atom is -0.486 e. The number of nitrogens with zero attached hydrogens (tertiary/aromatic N) is 6. The van der Waals surface area contributed by atoms with Crippen LogP contribution >= 0.6 is 0 Å². The van der Waals surface area contributed by atoms with E-state index in [-0.39, 0.29) is 47.0 Å². The van der Waals surface area contributed by atoms with Gasteiger partial charge in [0.15, 0.2) is 17.0 Å². The van der Waals surface area contributed by atoms with E-state index in [1.54, 1.807) is 35.4 Å². The largest absolute Gasteiger partial charge is 0.486 e. The molecule has 2 aliphatic heterocycles. The van der Waals surface area contributed by atoms with Crippen molar-refractivity contribution in [3.05, 3.63) is 87.9 Å². The van der Waals surface area contributed by atoms with Crippen molar-refractivity contribution >= 4 is 22.6 Å². The zero-order valence-corrected chi connectivity index (χ0v) is 21.6. The molecule has 2 aliphatic rings. The highest BCUT2D eigenvalue weighted by atomic mass is 19.2. The molecule has 40 heavy (non-hydrogen) atoms. The summed E-state index contributed by atoms with van der Waals surface area (Å²) >= 11 is 0. The molecule has 206 valence electrons. The molecule has 3 aromatic heterocycles. The maximum absolute atomic E-state index is 14.5. The fourth-order valence-corrected chi connectivity index (χ4v) is 5.59. The Kier molecular flexibility index (Phi) is 6.84. The van der Waals surface area contributed by atoms with Gasteiger partial charge in [0.1, 0.15) is 18.1 Å². The van der Waals surface area contributed by atoms with Crippen LogP contribution in [-0.2, 0) is 19.6 Å². The maximum atomic E-state index is 14.5. The van der Waals surface area contributed by atoms with Crippen LogP contribution in [0, 0.1) is 11.6 Å². The Hall–Kier alpha value is -4.45. The molecular weight excluding hydrogens is 520 g/mol. The quantitative estimate of drug-likeness (QED) is 0.375. The van der Waals surface area contributed by atoms with E-state index in [9.17, 15) is 18.4 Å². The second-order valence-corrected chi connectivity index (χ2v) is 10.0. The SMILES string of the molecule is NC(=O)c1cc(CN(Cc2cn3c4c(c(F)c(F)cc4c2=O)OCC3)[C@H]2CCCN(c3cnccn3)C2)ccn1. The molecule has 0 saturated carbocycles. The average molecular weight is 548 g/mol. The Morgan fingerprint density at radius 3 is 2.83 bits per heavy atom. The van der Waals surface area contributed by atoms with Gasteiger partial charge in [-0.3, -0.25) is 24.5 Å². The van der Waals surface area contributed by atoms with Crippen LogP contribution in [0.4, 0.5) is 14.6 Å². The van der Waals surface area contributed by atoms with Crippen LogP contribution in [0.2, 0.25) is 0 Å². The molecule has 1 saturated heterocycles. The number of hydrogen-bond donors (Lipinski definition) is 1. The molecule has 2 N–H and O–H groups in total. The molecule has 4 aromatic rings. The minimum absolute atomic E-state index is 0.0150. The Labute approximate surface area is 228 Å². The zero-order valence-electron chi connectivity index (χ0n) is 21.6. The lowest BCUT2D eigenvalue weighted by atomic mass is 10.0. The summed E-state index contributed by atoms with van der Waals surface area (Å²) in [5.41, 5.74) is 6.76. The van der Waals surface area contributed by atoms with Gasteiger partial charge in [-0.25, -0.2) is 9.37 Å². The summed E-state index contributed by atoms with van der Waals surface area (Å²) in [5, 5.41) is 0.0795. The molecule has 1 aromatic carbocycles. The second kappa shape index (κ2) is 10.6. The summed E-state index contributed by atoms with van der Waals surface area (Å²) in [6.45, 7) is 2.68. The number of ether oxygens (including phenoxy) is 1. The van der Waals surface area contributed by atoms with Gasteiger partial charge in [0.2, 0.25) is 5.82 Å². The van der Waals surface area contributed by atoms with Gasteiger partial charge < -0.3 is 19.9 Å². The van der Waals surface area contributed by atoms with Crippen LogP contribution in [0.5, 0.6) is 5.75 Å². The maximum Gasteiger partial charge on any atom is 0.267 e. The first kappa shape index (κ1) is 25.8. The third kappa shape index (κ3) is 4.86. The van der Waals surface area contributed by atoms with Crippen LogP contribution in [0.25, 0.3) is 10.9 Å². The van der Waals surface area contributed by atoms with Crippen LogP contribution in [0.3, 0.4) is 0 Å². The summed E-state index contributed by atoms with van der Waals surface area (Å²) < 4.78 is 36.1. The first-order valence-corrected chi connectivity index (χ1v) is 13.1. The Bertz CT molecular complexity index is 1650. The molecule has 1 amide bonds. The average Bonchev–Trinajstić information content (AvgIpc) is 2.98. The number of carbonyl (C=O) groups excluding carboxylic acids is 1. The van der Waals surface area contributed by atoms with Crippen molar-refractivity contribution in [1.82, 2.24) is 24.4 Å². The highest BCUT2D eigenvalue weighted by Gasteiger charge is 2.29. The highest BCUT2D eigenvalue weighted by Crippen LogP contribution is 2.33. The number of pyridine rings is 2. The Morgan fingerprint density at radius 2 is 2.02 bits per heavy atom. The van der Waals surface area contributed by atoms with Crippen molar-refractivity contribution in [1.29, 1.82) is 0 Å². The molecule has 0 spiro atoms. The minimum atomic E-state index is -1.12. The predicted octanol–water partition coefficient (Wildman–Crippen LogP) is 2.63. The van der Waals surface area contributed by atoms with Crippen LogP contribution in [0.15, 0.2) is 54.0 Å². The third-order valence-electron chi connectivity index (χ3n) is 7.49. The van der Waals surface area contributed by atoms with Gasteiger partial charge in [-0.15, -0.1) is 0 Å². The molecule has 12 heteroatoms. The Morgan fingerprint density at radius 1 is 1.15 bits per heavy atom. The predicted molar refractivity (Wildman–Crippen MR) is 143 cm³/mol. The summed E-state index contributed by atoms with van der Waals surface area (Å²) in [6, 6.07) is 4.42. The highest BCUT2D eigenvalue weighted by molar-refractivity contribution is 5.90. The van der Waals surface area contributed by atoms with Crippen molar-refractivity contribution in [2.24, 2.45) is 5.73 Å². The molecule has 5 heterocycles. The summed E-state index contributed by atoms with van der Waals surface area (Å²) in [7, 11) is 0. The molecule has 1 fully saturated rings. The summed E-state index contributed by atoms with van der Waals surface area (Å²) in [6.07, 6.45) is 10.0. The van der Waals surface area contributed by atoms with Crippen LogP contribution < -0.4 is 20.8 Å². The van der Waals surface area contributed by atoms with Crippen molar-refractivity contribution in [3.63, 3.8) is 0 Å². The zero-order chi connectivity index (χ0) is 27.8. The number of rotatable bonds is 7. The monoisotopic (exact) mass is 547 g/mol. The van der Waals surface area contributed by atoms with Crippen molar-refractivity contribution in [3.8, 4) is 5.75 Å².